The predicted molar refractivity (Wildman–Crippen MR) is 77.5 cm³/mol. The summed E-state index contributed by atoms with van der Waals surface area (Å²) in [6.07, 6.45) is 2.13. The van der Waals surface area contributed by atoms with Crippen LogP contribution in [0, 0.1) is 16.0 Å². The van der Waals surface area contributed by atoms with Crippen molar-refractivity contribution in [1.29, 1.82) is 0 Å². The smallest absolute Gasteiger partial charge is 0.287 e. The summed E-state index contributed by atoms with van der Waals surface area (Å²) >= 11 is 0. The Balaban J connectivity index is 1.79. The van der Waals surface area contributed by atoms with E-state index in [1.54, 1.807) is 0 Å². The fourth-order valence-corrected chi connectivity index (χ4v) is 3.70. The minimum absolute atomic E-state index is 0.0513. The first-order valence-corrected chi connectivity index (χ1v) is 8.09. The van der Waals surface area contributed by atoms with E-state index in [1.807, 2.05) is 0 Å². The van der Waals surface area contributed by atoms with Crippen molar-refractivity contribution in [3.8, 4) is 0 Å². The molecule has 2 aromatic rings. The summed E-state index contributed by atoms with van der Waals surface area (Å²) < 4.78 is 17.7. The van der Waals surface area contributed by atoms with E-state index in [9.17, 15) is 14.3 Å². The molecule has 0 saturated carbocycles. The highest BCUT2D eigenvalue weighted by molar-refractivity contribution is 7.84. The van der Waals surface area contributed by atoms with E-state index in [0.29, 0.717) is 22.8 Å². The van der Waals surface area contributed by atoms with E-state index in [2.05, 4.69) is 10.3 Å². The van der Waals surface area contributed by atoms with Crippen LogP contribution in [0.4, 0.5) is 5.69 Å². The van der Waals surface area contributed by atoms with Gasteiger partial charge in [-0.1, -0.05) is 0 Å². The van der Waals surface area contributed by atoms with Gasteiger partial charge in [-0.25, -0.2) is 9.19 Å². The van der Waals surface area contributed by atoms with Crippen LogP contribution >= 0.6 is 0 Å². The largest absolute Gasteiger partial charge is 0.430 e. The minimum Gasteiger partial charge on any atom is -0.430 e. The van der Waals surface area contributed by atoms with Crippen molar-refractivity contribution < 1.29 is 13.5 Å². The summed E-state index contributed by atoms with van der Waals surface area (Å²) in [5.41, 5.74) is 0.740. The molecule has 1 aromatic heterocycles. The molecular weight excluding hydrogens is 294 g/mol. The SMILES string of the molecule is O=[N+]([O-])c1ccc2oc([S@@](=O)C[C@@H]3CCCNC3)nc2c1. The van der Waals surface area contributed by atoms with E-state index in [0.717, 1.165) is 25.9 Å². The molecule has 0 amide bonds. The van der Waals surface area contributed by atoms with Gasteiger partial charge >= 0.3 is 0 Å². The molecule has 0 radical (unpaired) electrons. The summed E-state index contributed by atoms with van der Waals surface area (Å²) in [4.78, 5) is 14.4. The average molecular weight is 309 g/mol. The number of non-ortho nitro benzene ring substituents is 1. The lowest BCUT2D eigenvalue weighted by Crippen LogP contribution is -2.32. The molecule has 1 saturated heterocycles. The molecule has 1 N–H and O–H groups in total. The van der Waals surface area contributed by atoms with Crippen molar-refractivity contribution in [2.24, 2.45) is 5.92 Å². The fraction of sp³-hybridized carbons (Fsp3) is 0.462. The molecule has 8 heteroatoms. The Labute approximate surface area is 123 Å². The van der Waals surface area contributed by atoms with Gasteiger partial charge in [0.25, 0.3) is 10.9 Å². The Bertz CT molecular complexity index is 694. The van der Waals surface area contributed by atoms with Gasteiger partial charge in [0.15, 0.2) is 5.58 Å². The number of oxazole rings is 1. The second kappa shape index (κ2) is 5.90. The van der Waals surface area contributed by atoms with Gasteiger partial charge in [0.2, 0.25) is 0 Å². The highest BCUT2D eigenvalue weighted by Crippen LogP contribution is 2.24. The van der Waals surface area contributed by atoms with Gasteiger partial charge in [0.1, 0.15) is 16.3 Å². The lowest BCUT2D eigenvalue weighted by atomic mass is 10.0. The van der Waals surface area contributed by atoms with Crippen LogP contribution in [0.2, 0.25) is 0 Å². The average Bonchev–Trinajstić information content (AvgIpc) is 2.91. The van der Waals surface area contributed by atoms with Crippen molar-refractivity contribution in [3.05, 3.63) is 28.3 Å². The summed E-state index contributed by atoms with van der Waals surface area (Å²) in [6, 6.07) is 4.18. The highest BCUT2D eigenvalue weighted by atomic mass is 32.2. The van der Waals surface area contributed by atoms with Crippen LogP contribution < -0.4 is 5.32 Å². The van der Waals surface area contributed by atoms with Crippen LogP contribution in [-0.2, 0) is 10.8 Å². The van der Waals surface area contributed by atoms with Crippen LogP contribution in [0.5, 0.6) is 0 Å². The number of nitrogens with one attached hydrogen (secondary N) is 1. The van der Waals surface area contributed by atoms with Gasteiger partial charge in [-0.3, -0.25) is 10.1 Å². The molecule has 0 bridgehead atoms. The molecule has 2 atom stereocenters. The quantitative estimate of drug-likeness (QED) is 0.683. The van der Waals surface area contributed by atoms with Crippen LogP contribution in [0.15, 0.2) is 27.8 Å². The predicted octanol–water partition coefficient (Wildman–Crippen LogP) is 1.84. The number of nitro benzene ring substituents is 1. The molecule has 1 fully saturated rings. The number of benzene rings is 1. The maximum atomic E-state index is 12.3. The number of rotatable bonds is 4. The summed E-state index contributed by atoms with van der Waals surface area (Å²) in [5, 5.41) is 14.2. The third-order valence-corrected chi connectivity index (χ3v) is 4.88. The zero-order chi connectivity index (χ0) is 14.8. The molecule has 3 rings (SSSR count). The first-order valence-electron chi connectivity index (χ1n) is 6.77. The maximum Gasteiger partial charge on any atom is 0.287 e. The molecule has 1 aliphatic rings. The Morgan fingerprint density at radius 3 is 3.10 bits per heavy atom. The molecule has 1 aromatic carbocycles. The highest BCUT2D eigenvalue weighted by Gasteiger charge is 2.21. The number of hydrogen-bond acceptors (Lipinski definition) is 6. The number of piperidine rings is 1. The molecule has 0 spiro atoms. The second-order valence-corrected chi connectivity index (χ2v) is 6.49. The number of nitro groups is 1. The Hall–Kier alpha value is -1.80. The normalized spacial score (nSPS) is 20.5. The van der Waals surface area contributed by atoms with Gasteiger partial charge in [-0.15, -0.1) is 0 Å². The molecule has 112 valence electrons. The third-order valence-electron chi connectivity index (χ3n) is 3.54. The Kier molecular flexibility index (Phi) is 3.98. The summed E-state index contributed by atoms with van der Waals surface area (Å²) in [7, 11) is -1.32. The van der Waals surface area contributed by atoms with Crippen LogP contribution in [0.1, 0.15) is 12.8 Å². The lowest BCUT2D eigenvalue weighted by molar-refractivity contribution is -0.384. The number of fused-ring (bicyclic) bond motifs is 1. The Morgan fingerprint density at radius 1 is 1.52 bits per heavy atom. The van der Waals surface area contributed by atoms with Crippen LogP contribution in [0.3, 0.4) is 0 Å². The van der Waals surface area contributed by atoms with Crippen molar-refractivity contribution in [3.63, 3.8) is 0 Å². The van der Waals surface area contributed by atoms with E-state index in [-0.39, 0.29) is 10.9 Å². The topological polar surface area (TPSA) is 98.3 Å². The molecule has 0 aliphatic carbocycles. The monoisotopic (exact) mass is 309 g/mol. The van der Waals surface area contributed by atoms with Gasteiger partial charge in [-0.05, 0) is 37.9 Å². The standard InChI is InChI=1S/C13H15N3O4S/c17-16(18)10-3-4-12-11(6-10)15-13(20-12)21(19)8-9-2-1-5-14-7-9/h3-4,6,9,14H,1-2,5,7-8H2/t9-,21+/m1/s1. The number of nitrogens with zero attached hydrogens (tertiary/aromatic N) is 2. The van der Waals surface area contributed by atoms with Crippen LogP contribution in [-0.4, -0.2) is 33.0 Å². The van der Waals surface area contributed by atoms with Crippen molar-refractivity contribution >= 4 is 27.6 Å². The molecular formula is C13H15N3O4S. The Morgan fingerprint density at radius 2 is 2.38 bits per heavy atom. The lowest BCUT2D eigenvalue weighted by Gasteiger charge is -2.21. The molecule has 1 aliphatic heterocycles. The molecule has 7 nitrogen and oxygen atoms in total. The van der Waals surface area contributed by atoms with E-state index < -0.39 is 15.7 Å². The number of hydrogen-bond donors (Lipinski definition) is 1. The van der Waals surface area contributed by atoms with Crippen molar-refractivity contribution in [2.75, 3.05) is 18.8 Å². The van der Waals surface area contributed by atoms with Gasteiger partial charge in [0.05, 0.1) is 4.92 Å². The summed E-state index contributed by atoms with van der Waals surface area (Å²) in [6.45, 7) is 1.87. The van der Waals surface area contributed by atoms with Gasteiger partial charge in [-0.2, -0.15) is 0 Å². The fourth-order valence-electron chi connectivity index (χ4n) is 2.46. The van der Waals surface area contributed by atoms with Crippen LogP contribution in [0.25, 0.3) is 11.1 Å². The zero-order valence-corrected chi connectivity index (χ0v) is 12.1. The summed E-state index contributed by atoms with van der Waals surface area (Å²) in [5.74, 6) is 0.853. The van der Waals surface area contributed by atoms with E-state index in [1.165, 1.54) is 18.2 Å². The first-order chi connectivity index (χ1) is 10.1. The van der Waals surface area contributed by atoms with E-state index in [4.69, 9.17) is 4.42 Å². The molecule has 2 heterocycles. The first kappa shape index (κ1) is 14.2. The maximum absolute atomic E-state index is 12.3. The van der Waals surface area contributed by atoms with Crippen molar-refractivity contribution in [1.82, 2.24) is 10.3 Å². The zero-order valence-electron chi connectivity index (χ0n) is 11.3. The minimum atomic E-state index is -1.32. The van der Waals surface area contributed by atoms with Gasteiger partial charge in [0, 0.05) is 17.9 Å². The van der Waals surface area contributed by atoms with E-state index >= 15 is 0 Å². The van der Waals surface area contributed by atoms with Crippen molar-refractivity contribution in [2.45, 2.75) is 18.1 Å². The third kappa shape index (κ3) is 3.11. The molecule has 21 heavy (non-hydrogen) atoms. The number of aromatic nitrogens is 1. The second-order valence-electron chi connectivity index (χ2n) is 5.11. The molecule has 0 unspecified atom stereocenters. The van der Waals surface area contributed by atoms with Gasteiger partial charge < -0.3 is 9.73 Å².